The van der Waals surface area contributed by atoms with E-state index in [4.69, 9.17) is 5.84 Å². The van der Waals surface area contributed by atoms with Gasteiger partial charge in [0.25, 0.3) is 0 Å². The molecule has 0 bridgehead atoms. The Kier molecular flexibility index (Phi) is 4.36. The largest absolute Gasteiger partial charge is 0.271 e. The summed E-state index contributed by atoms with van der Waals surface area (Å²) in [7, 11) is 0. The van der Waals surface area contributed by atoms with Crippen molar-refractivity contribution in [2.24, 2.45) is 17.7 Å². The highest BCUT2D eigenvalue weighted by Gasteiger charge is 2.27. The van der Waals surface area contributed by atoms with Crippen molar-refractivity contribution in [3.8, 4) is 0 Å². The predicted octanol–water partition coefficient (Wildman–Crippen LogP) is 3.03. The maximum atomic E-state index is 5.80. The van der Waals surface area contributed by atoms with E-state index in [0.717, 1.165) is 17.3 Å². The van der Waals surface area contributed by atoms with Crippen molar-refractivity contribution in [1.29, 1.82) is 0 Å². The van der Waals surface area contributed by atoms with Crippen molar-refractivity contribution < 1.29 is 0 Å². The number of nitrogens with one attached hydrogen (secondary N) is 1. The summed E-state index contributed by atoms with van der Waals surface area (Å²) in [6.07, 6.45) is 5.18. The van der Waals surface area contributed by atoms with Crippen molar-refractivity contribution in [2.75, 3.05) is 0 Å². The fourth-order valence-electron chi connectivity index (χ4n) is 3.13. The second-order valence-corrected chi connectivity index (χ2v) is 5.79. The van der Waals surface area contributed by atoms with E-state index in [-0.39, 0.29) is 6.04 Å². The molecule has 0 spiro atoms. The first-order chi connectivity index (χ1) is 8.61. The first-order valence-corrected chi connectivity index (χ1v) is 7.02. The molecule has 0 amide bonds. The van der Waals surface area contributed by atoms with Gasteiger partial charge in [-0.05, 0) is 50.2 Å². The molecule has 1 aliphatic carbocycles. The van der Waals surface area contributed by atoms with Gasteiger partial charge in [-0.15, -0.1) is 0 Å². The van der Waals surface area contributed by atoms with E-state index >= 15 is 0 Å². The highest BCUT2D eigenvalue weighted by molar-refractivity contribution is 5.25. The van der Waals surface area contributed by atoms with Crippen LogP contribution in [0.3, 0.4) is 0 Å². The molecule has 0 aromatic carbocycles. The average Bonchev–Trinajstić information content (AvgIpc) is 2.35. The van der Waals surface area contributed by atoms with Crippen LogP contribution in [-0.2, 0) is 0 Å². The minimum absolute atomic E-state index is 0.255. The molecule has 3 N–H and O–H groups in total. The van der Waals surface area contributed by atoms with E-state index in [0.29, 0.717) is 5.92 Å². The molecule has 1 aromatic rings. The summed E-state index contributed by atoms with van der Waals surface area (Å²) in [5.41, 5.74) is 6.47. The predicted molar refractivity (Wildman–Crippen MR) is 74.9 cm³/mol. The van der Waals surface area contributed by atoms with Crippen LogP contribution in [0.5, 0.6) is 0 Å². The molecule has 1 atom stereocenters. The zero-order valence-electron chi connectivity index (χ0n) is 11.7. The fraction of sp³-hybridized carbons (Fsp3) is 0.667. The fourth-order valence-corrected chi connectivity index (χ4v) is 3.13. The van der Waals surface area contributed by atoms with E-state index < -0.39 is 0 Å². The number of rotatable bonds is 3. The van der Waals surface area contributed by atoms with Crippen molar-refractivity contribution in [2.45, 2.75) is 52.5 Å². The number of nitrogens with zero attached hydrogens (tertiary/aromatic N) is 1. The van der Waals surface area contributed by atoms with E-state index in [1.54, 1.807) is 0 Å². The summed E-state index contributed by atoms with van der Waals surface area (Å²) in [5.74, 6) is 7.32. The normalized spacial score (nSPS) is 26.0. The number of aromatic nitrogens is 1. The third kappa shape index (κ3) is 2.90. The van der Waals surface area contributed by atoms with Gasteiger partial charge in [0.15, 0.2) is 0 Å². The number of hydrogen-bond donors (Lipinski definition) is 2. The van der Waals surface area contributed by atoms with Crippen molar-refractivity contribution in [1.82, 2.24) is 10.4 Å². The minimum Gasteiger partial charge on any atom is -0.271 e. The first-order valence-electron chi connectivity index (χ1n) is 7.02. The van der Waals surface area contributed by atoms with Crippen LogP contribution >= 0.6 is 0 Å². The highest BCUT2D eigenvalue weighted by atomic mass is 15.2. The maximum Gasteiger partial charge on any atom is 0.0506 e. The average molecular weight is 247 g/mol. The van der Waals surface area contributed by atoms with Gasteiger partial charge < -0.3 is 0 Å². The van der Waals surface area contributed by atoms with Gasteiger partial charge in [0.05, 0.1) is 6.04 Å². The topological polar surface area (TPSA) is 50.9 Å². The Morgan fingerprint density at radius 3 is 2.44 bits per heavy atom. The zero-order valence-corrected chi connectivity index (χ0v) is 11.7. The molecule has 3 nitrogen and oxygen atoms in total. The van der Waals surface area contributed by atoms with Crippen LogP contribution in [0.25, 0.3) is 0 Å². The van der Waals surface area contributed by atoms with E-state index in [1.807, 2.05) is 6.92 Å². The Morgan fingerprint density at radius 2 is 1.89 bits per heavy atom. The van der Waals surface area contributed by atoms with Crippen molar-refractivity contribution >= 4 is 0 Å². The smallest absolute Gasteiger partial charge is 0.0506 e. The molecule has 0 radical (unpaired) electrons. The van der Waals surface area contributed by atoms with Crippen LogP contribution in [0.1, 0.15) is 55.6 Å². The third-order valence-corrected chi connectivity index (χ3v) is 4.31. The van der Waals surface area contributed by atoms with Crippen LogP contribution in [0.2, 0.25) is 0 Å². The monoisotopic (exact) mass is 247 g/mol. The quantitative estimate of drug-likeness (QED) is 0.637. The highest BCUT2D eigenvalue weighted by Crippen LogP contribution is 2.36. The third-order valence-electron chi connectivity index (χ3n) is 4.31. The molecule has 0 saturated heterocycles. The van der Waals surface area contributed by atoms with Gasteiger partial charge in [-0.1, -0.05) is 25.8 Å². The van der Waals surface area contributed by atoms with Crippen LogP contribution in [-0.4, -0.2) is 4.98 Å². The molecular weight excluding hydrogens is 222 g/mol. The summed E-state index contributed by atoms with van der Waals surface area (Å²) in [5, 5.41) is 0. The van der Waals surface area contributed by atoms with Crippen molar-refractivity contribution in [3.63, 3.8) is 0 Å². The molecule has 1 aromatic heterocycles. The summed E-state index contributed by atoms with van der Waals surface area (Å²) in [4.78, 5) is 4.56. The Balaban J connectivity index is 2.17. The van der Waals surface area contributed by atoms with Crippen molar-refractivity contribution in [3.05, 3.63) is 29.1 Å². The standard InChI is InChI=1S/C15H25N3/c1-10-4-7-13(8-5-10)15(18-16)14-9-6-11(2)17-12(14)3/h6,9-10,13,15,18H,4-5,7-8,16H2,1-3H3. The molecule has 1 fully saturated rings. The lowest BCUT2D eigenvalue weighted by atomic mass is 9.77. The summed E-state index contributed by atoms with van der Waals surface area (Å²) >= 11 is 0. The van der Waals surface area contributed by atoms with Crippen LogP contribution < -0.4 is 11.3 Å². The second-order valence-electron chi connectivity index (χ2n) is 5.79. The lowest BCUT2D eigenvalue weighted by Gasteiger charge is -2.33. The first kappa shape index (κ1) is 13.5. The summed E-state index contributed by atoms with van der Waals surface area (Å²) in [6, 6.07) is 4.52. The molecule has 0 aliphatic heterocycles. The SMILES string of the molecule is Cc1ccc(C(NN)C2CCC(C)CC2)c(C)n1. The van der Waals surface area contributed by atoms with Crippen LogP contribution in [0, 0.1) is 25.7 Å². The molecule has 2 rings (SSSR count). The Hall–Kier alpha value is -0.930. The molecule has 1 aliphatic rings. The Morgan fingerprint density at radius 1 is 1.22 bits per heavy atom. The molecule has 18 heavy (non-hydrogen) atoms. The van der Waals surface area contributed by atoms with Gasteiger partial charge in [0.2, 0.25) is 0 Å². The van der Waals surface area contributed by atoms with E-state index in [1.165, 1.54) is 31.2 Å². The number of hydrogen-bond acceptors (Lipinski definition) is 3. The lowest BCUT2D eigenvalue weighted by Crippen LogP contribution is -2.35. The molecule has 1 saturated carbocycles. The maximum absolute atomic E-state index is 5.80. The van der Waals surface area contributed by atoms with Gasteiger partial charge in [-0.3, -0.25) is 16.3 Å². The summed E-state index contributed by atoms with van der Waals surface area (Å²) in [6.45, 7) is 6.46. The van der Waals surface area contributed by atoms with E-state index in [2.05, 4.69) is 36.4 Å². The molecular formula is C15H25N3. The number of nitrogens with two attached hydrogens (primary N) is 1. The Bertz CT molecular complexity index is 395. The van der Waals surface area contributed by atoms with Gasteiger partial charge in [-0.2, -0.15) is 0 Å². The minimum atomic E-state index is 0.255. The molecule has 3 heteroatoms. The van der Waals surface area contributed by atoms with Gasteiger partial charge in [0.1, 0.15) is 0 Å². The van der Waals surface area contributed by atoms with Crippen LogP contribution in [0.4, 0.5) is 0 Å². The zero-order chi connectivity index (χ0) is 13.1. The lowest BCUT2D eigenvalue weighted by molar-refractivity contribution is 0.231. The number of aryl methyl sites for hydroxylation is 2. The van der Waals surface area contributed by atoms with Gasteiger partial charge in [0, 0.05) is 11.4 Å². The molecule has 1 unspecified atom stereocenters. The number of hydrazine groups is 1. The second kappa shape index (κ2) is 5.81. The Labute approximate surface area is 110 Å². The number of pyridine rings is 1. The van der Waals surface area contributed by atoms with Gasteiger partial charge in [-0.25, -0.2) is 0 Å². The van der Waals surface area contributed by atoms with Gasteiger partial charge >= 0.3 is 0 Å². The molecule has 100 valence electrons. The van der Waals surface area contributed by atoms with E-state index in [9.17, 15) is 0 Å². The molecule has 1 heterocycles. The summed E-state index contributed by atoms with van der Waals surface area (Å²) < 4.78 is 0. The van der Waals surface area contributed by atoms with Crippen LogP contribution in [0.15, 0.2) is 12.1 Å².